The molecule has 102 valence electrons. The summed E-state index contributed by atoms with van der Waals surface area (Å²) in [5, 5.41) is 12.0. The fourth-order valence-electron chi connectivity index (χ4n) is 2.70. The minimum atomic E-state index is -1.13. The van der Waals surface area contributed by atoms with E-state index in [0.29, 0.717) is 5.76 Å². The number of fused-ring (bicyclic) bond motifs is 1. The van der Waals surface area contributed by atoms with Crippen molar-refractivity contribution >= 4 is 11.0 Å². The van der Waals surface area contributed by atoms with Crippen molar-refractivity contribution in [3.05, 3.63) is 71.0 Å². The van der Waals surface area contributed by atoms with Crippen LogP contribution in [0, 0.1) is 13.8 Å². The molecule has 0 radical (unpaired) electrons. The first-order valence-electron chi connectivity index (χ1n) is 6.78. The van der Waals surface area contributed by atoms with E-state index in [1.807, 2.05) is 62.4 Å². The second kappa shape index (κ2) is 4.50. The molecule has 0 spiro atoms. The third-order valence-corrected chi connectivity index (χ3v) is 3.89. The van der Waals surface area contributed by atoms with Gasteiger partial charge in [0, 0.05) is 5.39 Å². The molecule has 3 rings (SSSR count). The van der Waals surface area contributed by atoms with Crippen LogP contribution in [-0.2, 0) is 5.60 Å². The molecule has 0 amide bonds. The van der Waals surface area contributed by atoms with E-state index in [0.717, 1.165) is 27.7 Å². The van der Waals surface area contributed by atoms with Crippen molar-refractivity contribution in [2.24, 2.45) is 0 Å². The highest BCUT2D eigenvalue weighted by Gasteiger charge is 2.31. The molecule has 0 saturated carbocycles. The quantitative estimate of drug-likeness (QED) is 0.750. The number of hydrogen-bond acceptors (Lipinski definition) is 2. The van der Waals surface area contributed by atoms with Crippen molar-refractivity contribution in [2.45, 2.75) is 26.4 Å². The fourth-order valence-corrected chi connectivity index (χ4v) is 2.70. The second-order valence-electron chi connectivity index (χ2n) is 5.49. The minimum Gasteiger partial charge on any atom is -0.457 e. The summed E-state index contributed by atoms with van der Waals surface area (Å²) < 4.78 is 5.92. The van der Waals surface area contributed by atoms with Crippen molar-refractivity contribution in [2.75, 3.05) is 0 Å². The Labute approximate surface area is 118 Å². The van der Waals surface area contributed by atoms with Crippen LogP contribution < -0.4 is 0 Å². The van der Waals surface area contributed by atoms with E-state index in [1.165, 1.54) is 0 Å². The van der Waals surface area contributed by atoms with Gasteiger partial charge in [-0.2, -0.15) is 0 Å². The van der Waals surface area contributed by atoms with Gasteiger partial charge in [-0.1, -0.05) is 42.5 Å². The molecule has 0 bridgehead atoms. The van der Waals surface area contributed by atoms with Crippen LogP contribution in [0.1, 0.15) is 29.4 Å². The lowest BCUT2D eigenvalue weighted by Crippen LogP contribution is -2.23. The zero-order valence-electron chi connectivity index (χ0n) is 12.0. The smallest absolute Gasteiger partial charge is 0.144 e. The lowest BCUT2D eigenvalue weighted by atomic mass is 9.90. The second-order valence-corrected chi connectivity index (χ2v) is 5.49. The molecular formula is C18H18O2. The number of furan rings is 1. The van der Waals surface area contributed by atoms with Gasteiger partial charge in [0.15, 0.2) is 0 Å². The van der Waals surface area contributed by atoms with E-state index in [2.05, 4.69) is 0 Å². The number of aliphatic hydroxyl groups is 1. The first-order valence-corrected chi connectivity index (χ1v) is 6.78. The molecule has 3 aromatic rings. The van der Waals surface area contributed by atoms with Crippen molar-refractivity contribution in [1.29, 1.82) is 0 Å². The Hall–Kier alpha value is -2.06. The van der Waals surface area contributed by atoms with E-state index in [-0.39, 0.29) is 0 Å². The predicted molar refractivity (Wildman–Crippen MR) is 80.8 cm³/mol. The van der Waals surface area contributed by atoms with E-state index in [9.17, 15) is 5.11 Å². The third kappa shape index (κ3) is 1.93. The van der Waals surface area contributed by atoms with Gasteiger partial charge in [0.25, 0.3) is 0 Å². The van der Waals surface area contributed by atoms with E-state index >= 15 is 0 Å². The zero-order valence-corrected chi connectivity index (χ0v) is 12.0. The van der Waals surface area contributed by atoms with Gasteiger partial charge in [0.05, 0.1) is 0 Å². The Bertz CT molecular complexity index is 766. The zero-order chi connectivity index (χ0) is 14.3. The normalized spacial score (nSPS) is 14.4. The van der Waals surface area contributed by atoms with E-state index < -0.39 is 5.60 Å². The summed E-state index contributed by atoms with van der Waals surface area (Å²) in [6.45, 7) is 5.79. The van der Waals surface area contributed by atoms with Gasteiger partial charge in [0.2, 0.25) is 0 Å². The van der Waals surface area contributed by atoms with Gasteiger partial charge in [0.1, 0.15) is 16.9 Å². The first kappa shape index (κ1) is 12.9. The highest BCUT2D eigenvalue weighted by Crippen LogP contribution is 2.35. The van der Waals surface area contributed by atoms with Crippen LogP contribution in [0.15, 0.2) is 52.9 Å². The van der Waals surface area contributed by atoms with Crippen LogP contribution in [0.25, 0.3) is 11.0 Å². The van der Waals surface area contributed by atoms with Crippen molar-refractivity contribution in [3.8, 4) is 0 Å². The summed E-state index contributed by atoms with van der Waals surface area (Å²) in [6.07, 6.45) is 0. The monoisotopic (exact) mass is 266 g/mol. The lowest BCUT2D eigenvalue weighted by Gasteiger charge is -2.23. The predicted octanol–water partition coefficient (Wildman–Crippen LogP) is 4.31. The Balaban J connectivity index is 2.19. The average Bonchev–Trinajstić information content (AvgIpc) is 2.85. The van der Waals surface area contributed by atoms with Crippen molar-refractivity contribution in [3.63, 3.8) is 0 Å². The number of benzene rings is 2. The van der Waals surface area contributed by atoms with Gasteiger partial charge >= 0.3 is 0 Å². The van der Waals surface area contributed by atoms with Crippen LogP contribution in [0.4, 0.5) is 0 Å². The van der Waals surface area contributed by atoms with Crippen LogP contribution in [0.3, 0.4) is 0 Å². The van der Waals surface area contributed by atoms with Crippen LogP contribution in [-0.4, -0.2) is 5.11 Å². The topological polar surface area (TPSA) is 33.4 Å². The Kier molecular flexibility index (Phi) is 2.91. The molecule has 1 aromatic heterocycles. The van der Waals surface area contributed by atoms with Crippen molar-refractivity contribution < 1.29 is 9.52 Å². The molecule has 0 saturated heterocycles. The largest absolute Gasteiger partial charge is 0.457 e. The maximum absolute atomic E-state index is 10.9. The molecule has 1 N–H and O–H groups in total. The molecular weight excluding hydrogens is 248 g/mol. The minimum absolute atomic E-state index is 0.580. The highest BCUT2D eigenvalue weighted by molar-refractivity contribution is 5.81. The van der Waals surface area contributed by atoms with Gasteiger partial charge in [-0.25, -0.2) is 0 Å². The number of rotatable bonds is 2. The van der Waals surface area contributed by atoms with Crippen LogP contribution >= 0.6 is 0 Å². The Morgan fingerprint density at radius 3 is 2.35 bits per heavy atom. The van der Waals surface area contributed by atoms with Gasteiger partial charge in [-0.15, -0.1) is 0 Å². The average molecular weight is 266 g/mol. The van der Waals surface area contributed by atoms with Gasteiger partial charge < -0.3 is 9.52 Å². The van der Waals surface area contributed by atoms with E-state index in [4.69, 9.17) is 4.42 Å². The van der Waals surface area contributed by atoms with Gasteiger partial charge in [-0.3, -0.25) is 0 Å². The highest BCUT2D eigenvalue weighted by atomic mass is 16.4. The first-order chi connectivity index (χ1) is 9.50. The molecule has 0 aliphatic rings. The van der Waals surface area contributed by atoms with Gasteiger partial charge in [-0.05, 0) is 43.5 Å². The maximum atomic E-state index is 10.9. The summed E-state index contributed by atoms with van der Waals surface area (Å²) in [5.41, 5.74) is 2.72. The standard InChI is InChI=1S/C18H18O2/c1-12-7-4-5-10-15(12)18(3,19)16-11-14-9-6-8-13(2)17(14)20-16/h4-11,19H,1-3H3. The molecule has 0 fully saturated rings. The molecule has 0 aliphatic carbocycles. The molecule has 0 aliphatic heterocycles. The van der Waals surface area contributed by atoms with Crippen LogP contribution in [0.5, 0.6) is 0 Å². The Morgan fingerprint density at radius 1 is 0.950 bits per heavy atom. The molecule has 1 heterocycles. The summed E-state index contributed by atoms with van der Waals surface area (Å²) in [7, 11) is 0. The lowest BCUT2D eigenvalue weighted by molar-refractivity contribution is 0.0780. The van der Waals surface area contributed by atoms with Crippen LogP contribution in [0.2, 0.25) is 0 Å². The summed E-state index contributed by atoms with van der Waals surface area (Å²) in [5.74, 6) is 0.580. The van der Waals surface area contributed by atoms with Crippen molar-refractivity contribution in [1.82, 2.24) is 0 Å². The molecule has 1 unspecified atom stereocenters. The third-order valence-electron chi connectivity index (χ3n) is 3.89. The molecule has 2 aromatic carbocycles. The molecule has 1 atom stereocenters. The molecule has 2 nitrogen and oxygen atoms in total. The summed E-state index contributed by atoms with van der Waals surface area (Å²) >= 11 is 0. The number of aryl methyl sites for hydroxylation is 2. The summed E-state index contributed by atoms with van der Waals surface area (Å²) in [6, 6.07) is 15.8. The fraction of sp³-hybridized carbons (Fsp3) is 0.222. The maximum Gasteiger partial charge on any atom is 0.144 e. The Morgan fingerprint density at radius 2 is 1.65 bits per heavy atom. The molecule has 20 heavy (non-hydrogen) atoms. The number of para-hydroxylation sites is 1. The SMILES string of the molecule is Cc1ccccc1C(C)(O)c1cc2cccc(C)c2o1. The molecule has 2 heteroatoms. The summed E-state index contributed by atoms with van der Waals surface area (Å²) in [4.78, 5) is 0. The number of hydrogen-bond donors (Lipinski definition) is 1. The van der Waals surface area contributed by atoms with E-state index in [1.54, 1.807) is 6.92 Å².